The largest absolute Gasteiger partial charge is 0.460 e. The first kappa shape index (κ1) is 16.9. The minimum Gasteiger partial charge on any atom is -0.460 e. The van der Waals surface area contributed by atoms with Crippen molar-refractivity contribution in [1.29, 1.82) is 0 Å². The number of nitrogens with zero attached hydrogens (tertiary/aromatic N) is 1. The molecule has 0 saturated carbocycles. The minimum atomic E-state index is -0.242. The van der Waals surface area contributed by atoms with E-state index in [0.717, 1.165) is 22.8 Å². The summed E-state index contributed by atoms with van der Waals surface area (Å²) in [6.45, 7) is 10.3. The van der Waals surface area contributed by atoms with E-state index in [1.54, 1.807) is 0 Å². The molecule has 22 heavy (non-hydrogen) atoms. The monoisotopic (exact) mass is 324 g/mol. The van der Waals surface area contributed by atoms with Crippen molar-refractivity contribution in [1.82, 2.24) is 10.2 Å². The van der Waals surface area contributed by atoms with E-state index in [1.165, 1.54) is 11.8 Å². The Hall–Kier alpha value is -1.43. The lowest BCUT2D eigenvalue weighted by Crippen LogP contribution is -2.31. The first-order valence-electron chi connectivity index (χ1n) is 7.67. The van der Waals surface area contributed by atoms with E-state index >= 15 is 0 Å². The number of hydrogen-bond acceptors (Lipinski definition) is 5. The van der Waals surface area contributed by atoms with E-state index in [1.807, 2.05) is 40.0 Å². The number of rotatable bonds is 5. The van der Waals surface area contributed by atoms with E-state index in [0.29, 0.717) is 6.42 Å². The van der Waals surface area contributed by atoms with Crippen molar-refractivity contribution in [2.45, 2.75) is 53.2 Å². The summed E-state index contributed by atoms with van der Waals surface area (Å²) < 4.78 is 5.34. The Morgan fingerprint density at radius 1 is 1.41 bits per heavy atom. The molecule has 1 N–H and O–H groups in total. The number of fused-ring (bicyclic) bond motifs is 1. The molecular formula is C16H24N2O3S. The van der Waals surface area contributed by atoms with Crippen LogP contribution < -0.4 is 5.32 Å². The van der Waals surface area contributed by atoms with Crippen LogP contribution in [0.1, 0.15) is 41.0 Å². The summed E-state index contributed by atoms with van der Waals surface area (Å²) >= 11 is 1.51. The van der Waals surface area contributed by atoms with Gasteiger partial charge in [-0.05, 0) is 33.1 Å². The molecule has 0 aromatic rings. The second kappa shape index (κ2) is 6.77. The third-order valence-corrected chi connectivity index (χ3v) is 4.49. The molecule has 0 saturated heterocycles. The van der Waals surface area contributed by atoms with Crippen LogP contribution in [0, 0.1) is 5.92 Å². The third kappa shape index (κ3) is 3.66. The molecule has 2 aliphatic heterocycles. The lowest BCUT2D eigenvalue weighted by molar-refractivity contribution is -0.143. The van der Waals surface area contributed by atoms with Gasteiger partial charge in [0, 0.05) is 24.2 Å². The molecule has 6 heteroatoms. The number of thioether (sulfide) groups is 1. The lowest BCUT2D eigenvalue weighted by Gasteiger charge is -2.19. The fourth-order valence-electron chi connectivity index (χ4n) is 2.61. The van der Waals surface area contributed by atoms with Gasteiger partial charge < -0.3 is 15.0 Å². The normalized spacial score (nSPS) is 20.6. The number of carbonyl (C=O) groups excluding carboxylic acids is 2. The van der Waals surface area contributed by atoms with Crippen LogP contribution >= 0.6 is 11.8 Å². The van der Waals surface area contributed by atoms with Crippen LogP contribution in [-0.2, 0) is 14.3 Å². The highest BCUT2D eigenvalue weighted by atomic mass is 32.2. The molecule has 1 unspecified atom stereocenters. The van der Waals surface area contributed by atoms with Gasteiger partial charge in [-0.2, -0.15) is 0 Å². The molecule has 5 nitrogen and oxygen atoms in total. The summed E-state index contributed by atoms with van der Waals surface area (Å²) in [5.41, 5.74) is 1.69. The van der Waals surface area contributed by atoms with E-state index in [9.17, 15) is 9.59 Å². The van der Waals surface area contributed by atoms with E-state index in [2.05, 4.69) is 10.2 Å². The highest BCUT2D eigenvalue weighted by Gasteiger charge is 2.38. The molecule has 0 aromatic heterocycles. The first-order chi connectivity index (χ1) is 10.3. The summed E-state index contributed by atoms with van der Waals surface area (Å²) in [5, 5.41) is 5.78. The lowest BCUT2D eigenvalue weighted by atomic mass is 10.1. The van der Waals surface area contributed by atoms with Gasteiger partial charge in [0.25, 0.3) is 0 Å². The number of nitrogens with one attached hydrogen (secondary N) is 1. The maximum atomic E-state index is 12.3. The second-order valence-electron chi connectivity index (χ2n) is 6.31. The zero-order valence-electron chi connectivity index (χ0n) is 13.8. The summed E-state index contributed by atoms with van der Waals surface area (Å²) in [4.78, 5) is 26.3. The Balaban J connectivity index is 2.09. The number of amides is 1. The summed E-state index contributed by atoms with van der Waals surface area (Å²) in [5.74, 6) is -0.117. The average molecular weight is 324 g/mol. The predicted molar refractivity (Wildman–Crippen MR) is 87.7 cm³/mol. The van der Waals surface area contributed by atoms with Crippen molar-refractivity contribution >= 4 is 23.6 Å². The molecular weight excluding hydrogens is 300 g/mol. The molecule has 1 atom stereocenters. The third-order valence-electron chi connectivity index (χ3n) is 3.43. The van der Waals surface area contributed by atoms with Gasteiger partial charge in [0.2, 0.25) is 5.91 Å². The molecule has 122 valence electrons. The number of hydrogen-bond donors (Lipinski definition) is 1. The van der Waals surface area contributed by atoms with Crippen molar-refractivity contribution in [3.63, 3.8) is 0 Å². The van der Waals surface area contributed by atoms with Crippen molar-refractivity contribution in [2.24, 2.45) is 5.92 Å². The maximum Gasteiger partial charge on any atom is 0.337 e. The topological polar surface area (TPSA) is 58.6 Å². The van der Waals surface area contributed by atoms with Gasteiger partial charge in [0.1, 0.15) is 0 Å². The molecule has 0 aliphatic carbocycles. The Morgan fingerprint density at radius 3 is 2.68 bits per heavy atom. The zero-order chi connectivity index (χ0) is 16.4. The predicted octanol–water partition coefficient (Wildman–Crippen LogP) is 2.60. The van der Waals surface area contributed by atoms with Crippen LogP contribution in [-0.4, -0.2) is 35.5 Å². The first-order valence-corrected chi connectivity index (χ1v) is 8.55. The van der Waals surface area contributed by atoms with Gasteiger partial charge >= 0.3 is 5.97 Å². The smallest absolute Gasteiger partial charge is 0.337 e. The van der Waals surface area contributed by atoms with Crippen LogP contribution in [0.3, 0.4) is 0 Å². The molecule has 2 heterocycles. The van der Waals surface area contributed by atoms with Crippen molar-refractivity contribution < 1.29 is 14.3 Å². The summed E-state index contributed by atoms with van der Waals surface area (Å²) in [6.07, 6.45) is 0.214. The summed E-state index contributed by atoms with van der Waals surface area (Å²) in [6, 6.07) is 0.131. The van der Waals surface area contributed by atoms with Gasteiger partial charge in [0.15, 0.2) is 0 Å². The van der Waals surface area contributed by atoms with Crippen LogP contribution in [0.15, 0.2) is 21.7 Å². The van der Waals surface area contributed by atoms with Gasteiger partial charge in [-0.25, -0.2) is 4.79 Å². The Bertz CT molecular complexity index is 538. The fourth-order valence-corrected chi connectivity index (χ4v) is 3.80. The van der Waals surface area contributed by atoms with Gasteiger partial charge in [0.05, 0.1) is 23.1 Å². The van der Waals surface area contributed by atoms with Gasteiger partial charge in [-0.15, -0.1) is 0 Å². The summed E-state index contributed by atoms with van der Waals surface area (Å²) in [7, 11) is 0. The highest BCUT2D eigenvalue weighted by molar-refractivity contribution is 8.06. The van der Waals surface area contributed by atoms with Crippen LogP contribution in [0.5, 0.6) is 0 Å². The van der Waals surface area contributed by atoms with Crippen molar-refractivity contribution in [3.05, 3.63) is 21.7 Å². The second-order valence-corrected chi connectivity index (χ2v) is 7.17. The van der Waals surface area contributed by atoms with Crippen LogP contribution in [0.25, 0.3) is 0 Å². The molecule has 0 radical (unpaired) electrons. The minimum absolute atomic E-state index is 0.00830. The molecule has 0 bridgehead atoms. The van der Waals surface area contributed by atoms with E-state index in [-0.39, 0.29) is 29.9 Å². The van der Waals surface area contributed by atoms with Gasteiger partial charge in [-0.1, -0.05) is 18.7 Å². The fraction of sp³-hybridized carbons (Fsp3) is 0.625. The zero-order valence-corrected chi connectivity index (χ0v) is 14.6. The molecule has 2 aliphatic rings. The highest BCUT2D eigenvalue weighted by Crippen LogP contribution is 2.45. The Labute approximate surface area is 136 Å². The van der Waals surface area contributed by atoms with E-state index < -0.39 is 0 Å². The maximum absolute atomic E-state index is 12.3. The molecule has 0 aromatic carbocycles. The Kier molecular flexibility index (Phi) is 5.21. The molecule has 0 spiro atoms. The number of ether oxygens (including phenoxy) is 1. The van der Waals surface area contributed by atoms with Crippen molar-refractivity contribution in [3.8, 4) is 0 Å². The quantitative estimate of drug-likeness (QED) is 0.788. The van der Waals surface area contributed by atoms with Gasteiger partial charge in [-0.3, -0.25) is 4.79 Å². The van der Waals surface area contributed by atoms with Crippen LogP contribution in [0.2, 0.25) is 0 Å². The van der Waals surface area contributed by atoms with Crippen molar-refractivity contribution in [2.75, 3.05) is 6.54 Å². The average Bonchev–Trinajstić information content (AvgIpc) is 2.86. The number of esters is 1. The number of carbonyl (C=O) groups is 2. The van der Waals surface area contributed by atoms with Crippen LogP contribution in [0.4, 0.5) is 0 Å². The molecule has 0 fully saturated rings. The SMILES string of the molecule is CC(C)NC(=O)CC1=CSC2=C(C(=O)OC(C)C)C(C)CN12. The van der Waals surface area contributed by atoms with E-state index in [4.69, 9.17) is 4.74 Å². The Morgan fingerprint density at radius 2 is 2.09 bits per heavy atom. The molecule has 1 amide bonds. The standard InChI is InChI=1S/C16H24N2O3S/c1-9(2)17-13(19)6-12-8-22-15-14(11(5)7-18(12)15)16(20)21-10(3)4/h8-11H,6-7H2,1-5H3,(H,17,19). The molecule has 2 rings (SSSR count).